The van der Waals surface area contributed by atoms with Gasteiger partial charge in [0.15, 0.2) is 11.5 Å². The van der Waals surface area contributed by atoms with E-state index in [9.17, 15) is 13.6 Å². The minimum Gasteiger partial charge on any atom is -0.381 e. The summed E-state index contributed by atoms with van der Waals surface area (Å²) in [6.45, 7) is 1.47. The zero-order valence-corrected chi connectivity index (χ0v) is 19.9. The molecule has 0 bridgehead atoms. The Morgan fingerprint density at radius 1 is 1.14 bits per heavy atom. The Kier molecular flexibility index (Phi) is 6.84. The molecular formula is C24H27ClF2N6O2. The van der Waals surface area contributed by atoms with Crippen LogP contribution >= 0.6 is 11.6 Å². The van der Waals surface area contributed by atoms with Gasteiger partial charge in [0.1, 0.15) is 22.8 Å². The van der Waals surface area contributed by atoms with E-state index in [0.29, 0.717) is 48.6 Å². The van der Waals surface area contributed by atoms with Crippen LogP contribution in [0.3, 0.4) is 0 Å². The number of carbonyl (C=O) groups is 1. The fourth-order valence-electron chi connectivity index (χ4n) is 5.04. The van der Waals surface area contributed by atoms with E-state index >= 15 is 0 Å². The first-order valence-electron chi connectivity index (χ1n) is 11.9. The van der Waals surface area contributed by atoms with E-state index in [1.54, 1.807) is 6.20 Å². The summed E-state index contributed by atoms with van der Waals surface area (Å²) in [6, 6.07) is 2.19. The Morgan fingerprint density at radius 3 is 2.60 bits per heavy atom. The molecule has 0 radical (unpaired) electrons. The maximum atomic E-state index is 14.7. The Bertz CT molecular complexity index is 1240. The molecule has 1 aliphatic heterocycles. The molecule has 0 unspecified atom stereocenters. The fraction of sp³-hybridized carbons (Fsp3) is 0.500. The summed E-state index contributed by atoms with van der Waals surface area (Å²) in [5.41, 5.74) is 6.24. The average molecular weight is 505 g/mol. The lowest BCUT2D eigenvalue weighted by Gasteiger charge is -2.29. The van der Waals surface area contributed by atoms with E-state index < -0.39 is 11.6 Å². The molecular weight excluding hydrogens is 478 g/mol. The number of nitrogens with one attached hydrogen (secondary N) is 1. The highest BCUT2D eigenvalue weighted by Gasteiger charge is 2.30. The van der Waals surface area contributed by atoms with Crippen LogP contribution in [-0.4, -0.2) is 38.6 Å². The van der Waals surface area contributed by atoms with Crippen LogP contribution in [0.4, 0.5) is 20.4 Å². The highest BCUT2D eigenvalue weighted by atomic mass is 35.5. The molecule has 1 saturated carbocycles. The zero-order chi connectivity index (χ0) is 24.5. The van der Waals surface area contributed by atoms with Gasteiger partial charge in [-0.3, -0.25) is 9.36 Å². The van der Waals surface area contributed by atoms with Crippen LogP contribution in [0, 0.1) is 23.5 Å². The van der Waals surface area contributed by atoms with Crippen molar-refractivity contribution in [3.05, 3.63) is 40.8 Å². The number of halogens is 3. The molecule has 0 spiro atoms. The molecule has 1 amide bonds. The molecule has 1 aliphatic carbocycles. The van der Waals surface area contributed by atoms with Gasteiger partial charge in [0.25, 0.3) is 0 Å². The van der Waals surface area contributed by atoms with Crippen LogP contribution in [0.25, 0.3) is 11.2 Å². The zero-order valence-electron chi connectivity index (χ0n) is 19.1. The molecule has 2 aromatic heterocycles. The number of carbonyl (C=O) groups excluding carboxylic acids is 1. The van der Waals surface area contributed by atoms with Gasteiger partial charge in [-0.05, 0) is 56.6 Å². The summed E-state index contributed by atoms with van der Waals surface area (Å²) in [5, 5.41) is 2.62. The van der Waals surface area contributed by atoms with Crippen molar-refractivity contribution in [1.82, 2.24) is 19.5 Å². The Hall–Kier alpha value is -2.85. The number of benzene rings is 1. The number of nitrogens with zero attached hydrogens (tertiary/aromatic N) is 4. The predicted octanol–water partition coefficient (Wildman–Crippen LogP) is 4.69. The number of hydrogen-bond donors (Lipinski definition) is 2. The third kappa shape index (κ3) is 4.95. The maximum Gasteiger partial charge on any atom is 0.220 e. The molecule has 8 nitrogen and oxygen atoms in total. The lowest BCUT2D eigenvalue weighted by Crippen LogP contribution is -2.29. The highest BCUT2D eigenvalue weighted by molar-refractivity contribution is 6.31. The molecule has 35 heavy (non-hydrogen) atoms. The van der Waals surface area contributed by atoms with Crippen molar-refractivity contribution in [2.75, 3.05) is 18.5 Å². The van der Waals surface area contributed by atoms with Gasteiger partial charge in [0.05, 0.1) is 11.2 Å². The van der Waals surface area contributed by atoms with Gasteiger partial charge in [-0.15, -0.1) is 0 Å². The lowest BCUT2D eigenvalue weighted by atomic mass is 9.85. The SMILES string of the molecule is NC(=O)C1CCC(n2c(Nc3c(F)ccc(Cl)c3F)nc3cnc(CC4CCOCC4)nc32)CC1. The molecule has 11 heteroatoms. The van der Waals surface area contributed by atoms with Gasteiger partial charge >= 0.3 is 0 Å². The number of fused-ring (bicyclic) bond motifs is 1. The molecule has 2 fully saturated rings. The van der Waals surface area contributed by atoms with Crippen LogP contribution in [0.15, 0.2) is 18.3 Å². The van der Waals surface area contributed by atoms with Gasteiger partial charge in [-0.25, -0.2) is 23.7 Å². The third-order valence-corrected chi connectivity index (χ3v) is 7.33. The second kappa shape index (κ2) is 10.0. The van der Waals surface area contributed by atoms with Crippen molar-refractivity contribution in [3.63, 3.8) is 0 Å². The van der Waals surface area contributed by atoms with Crippen LogP contribution in [0.2, 0.25) is 5.02 Å². The molecule has 2 aliphatic rings. The number of rotatable bonds is 6. The smallest absolute Gasteiger partial charge is 0.220 e. The van der Waals surface area contributed by atoms with Crippen LogP contribution in [0.1, 0.15) is 50.4 Å². The Balaban J connectivity index is 1.53. The number of ether oxygens (including phenoxy) is 1. The first-order valence-corrected chi connectivity index (χ1v) is 12.3. The molecule has 3 heterocycles. The molecule has 1 saturated heterocycles. The number of imidazole rings is 1. The summed E-state index contributed by atoms with van der Waals surface area (Å²) >= 11 is 5.89. The largest absolute Gasteiger partial charge is 0.381 e. The maximum absolute atomic E-state index is 14.7. The van der Waals surface area contributed by atoms with Crippen molar-refractivity contribution in [2.45, 2.75) is 51.0 Å². The van der Waals surface area contributed by atoms with Gasteiger partial charge in [-0.1, -0.05) is 11.6 Å². The van der Waals surface area contributed by atoms with Crippen LogP contribution in [0.5, 0.6) is 0 Å². The number of amides is 1. The van der Waals surface area contributed by atoms with Gasteiger partial charge in [-0.2, -0.15) is 0 Å². The Morgan fingerprint density at radius 2 is 1.89 bits per heavy atom. The quantitative estimate of drug-likeness (QED) is 0.472. The van der Waals surface area contributed by atoms with Gasteiger partial charge in [0, 0.05) is 31.6 Å². The Labute approximate surface area is 206 Å². The van der Waals surface area contributed by atoms with E-state index in [2.05, 4.69) is 15.3 Å². The predicted molar refractivity (Wildman–Crippen MR) is 127 cm³/mol. The second-order valence-corrected chi connectivity index (χ2v) is 9.72. The monoisotopic (exact) mass is 504 g/mol. The molecule has 3 aromatic rings. The minimum atomic E-state index is -0.894. The summed E-state index contributed by atoms with van der Waals surface area (Å²) in [5.74, 6) is -0.775. The normalized spacial score (nSPS) is 21.3. The molecule has 5 rings (SSSR count). The average Bonchev–Trinajstić information content (AvgIpc) is 3.22. The van der Waals surface area contributed by atoms with E-state index in [0.717, 1.165) is 38.5 Å². The molecule has 3 N–H and O–H groups in total. The van der Waals surface area contributed by atoms with Crippen molar-refractivity contribution >= 4 is 40.3 Å². The standard InChI is InChI=1S/C24H27ClF2N6O2/c25-16-5-6-17(26)21(20(16)27)32-24-30-18-12-29-19(11-13-7-9-35-10-8-13)31-23(18)33(24)15-3-1-14(2-4-15)22(28)34/h5-6,12-15H,1-4,7-11H2,(H2,28,34)(H,30,32). The van der Waals surface area contributed by atoms with Crippen molar-refractivity contribution < 1.29 is 18.3 Å². The van der Waals surface area contributed by atoms with Crippen LogP contribution in [-0.2, 0) is 16.0 Å². The van der Waals surface area contributed by atoms with Gasteiger partial charge < -0.3 is 15.8 Å². The highest BCUT2D eigenvalue weighted by Crippen LogP contribution is 2.38. The topological polar surface area (TPSA) is 108 Å². The van der Waals surface area contributed by atoms with Crippen molar-refractivity contribution in [2.24, 2.45) is 17.6 Å². The number of primary amides is 1. The summed E-state index contributed by atoms with van der Waals surface area (Å²) < 4.78 is 36.5. The number of hydrogen-bond acceptors (Lipinski definition) is 6. The lowest BCUT2D eigenvalue weighted by molar-refractivity contribution is -0.122. The molecule has 1 aromatic carbocycles. The van der Waals surface area contributed by atoms with E-state index in [-0.39, 0.29) is 34.5 Å². The van der Waals surface area contributed by atoms with E-state index in [1.807, 2.05) is 4.57 Å². The summed E-state index contributed by atoms with van der Waals surface area (Å²) in [4.78, 5) is 25.6. The van der Waals surface area contributed by atoms with Gasteiger partial charge in [0.2, 0.25) is 11.9 Å². The fourth-order valence-corrected chi connectivity index (χ4v) is 5.20. The first-order chi connectivity index (χ1) is 16.9. The number of anilines is 2. The van der Waals surface area contributed by atoms with Crippen molar-refractivity contribution in [1.29, 1.82) is 0 Å². The van der Waals surface area contributed by atoms with E-state index in [1.165, 1.54) is 6.07 Å². The molecule has 0 atom stereocenters. The van der Waals surface area contributed by atoms with Crippen molar-refractivity contribution in [3.8, 4) is 0 Å². The first kappa shape index (κ1) is 23.9. The molecule has 186 valence electrons. The third-order valence-electron chi connectivity index (χ3n) is 7.04. The van der Waals surface area contributed by atoms with E-state index in [4.69, 9.17) is 27.1 Å². The number of aromatic nitrogens is 4. The second-order valence-electron chi connectivity index (χ2n) is 9.31. The summed E-state index contributed by atoms with van der Waals surface area (Å²) in [7, 11) is 0. The minimum absolute atomic E-state index is 0.0748. The number of nitrogens with two attached hydrogens (primary N) is 1. The summed E-state index contributed by atoms with van der Waals surface area (Å²) in [6.07, 6.45) is 6.85. The van der Waals surface area contributed by atoms with Crippen LogP contribution < -0.4 is 11.1 Å².